The van der Waals surface area contributed by atoms with Gasteiger partial charge in [-0.1, -0.05) is 12.6 Å². The molecule has 0 aromatic carbocycles. The van der Waals surface area contributed by atoms with Crippen molar-refractivity contribution in [1.29, 1.82) is 0 Å². The van der Waals surface area contributed by atoms with Crippen LogP contribution in [0.1, 0.15) is 20.8 Å². The van der Waals surface area contributed by atoms with Gasteiger partial charge in [0.2, 0.25) is 0 Å². The fourth-order valence-electron chi connectivity index (χ4n) is 0.736. The molecule has 94 valence electrons. The summed E-state index contributed by atoms with van der Waals surface area (Å²) >= 11 is 8.05. The minimum absolute atomic E-state index is 0.00972. The fraction of sp³-hybridized carbons (Fsp3) is 0.667. The molecule has 1 amide bonds. The molecule has 16 heavy (non-hydrogen) atoms. The second-order valence-corrected chi connectivity index (χ2v) is 3.56. The largest absolute Gasteiger partial charge is 0.463 e. The Balaban J connectivity index is 0. The van der Waals surface area contributed by atoms with Crippen LogP contribution in [0.3, 0.4) is 0 Å². The van der Waals surface area contributed by atoms with Gasteiger partial charge in [0.05, 0.1) is 0 Å². The van der Waals surface area contributed by atoms with Gasteiger partial charge in [-0.2, -0.15) is 0 Å². The maximum Gasteiger partial charge on any atom is 0.273 e. The standard InChI is InChI=1S/C8H15NO2S.CH3NOS/c1-4-9(5-2)8(12)11-6-7(3)10;2-1(3)4/h4-6H2,1-3H3;(H3,2,3,4). The zero-order valence-corrected chi connectivity index (χ0v) is 11.4. The minimum Gasteiger partial charge on any atom is -0.463 e. The van der Waals surface area contributed by atoms with E-state index in [9.17, 15) is 4.79 Å². The van der Waals surface area contributed by atoms with Crippen LogP contribution in [0.4, 0.5) is 4.79 Å². The van der Waals surface area contributed by atoms with Crippen molar-refractivity contribution < 1.29 is 14.3 Å². The van der Waals surface area contributed by atoms with Crippen molar-refractivity contribution in [3.63, 3.8) is 0 Å². The lowest BCUT2D eigenvalue weighted by atomic mass is 10.5. The van der Waals surface area contributed by atoms with E-state index >= 15 is 0 Å². The summed E-state index contributed by atoms with van der Waals surface area (Å²) in [5, 5.41) is -0.227. The van der Waals surface area contributed by atoms with Crippen LogP contribution >= 0.6 is 24.8 Å². The van der Waals surface area contributed by atoms with Crippen molar-refractivity contribution in [1.82, 2.24) is 4.90 Å². The van der Waals surface area contributed by atoms with E-state index in [0.717, 1.165) is 13.1 Å². The number of hydrogen-bond donors (Lipinski definition) is 2. The van der Waals surface area contributed by atoms with Gasteiger partial charge in [0.15, 0.2) is 5.78 Å². The van der Waals surface area contributed by atoms with E-state index < -0.39 is 5.24 Å². The molecule has 5 nitrogen and oxygen atoms in total. The number of nitrogens with two attached hydrogens (primary N) is 1. The van der Waals surface area contributed by atoms with Crippen LogP contribution in [0, 0.1) is 0 Å². The zero-order chi connectivity index (χ0) is 13.1. The van der Waals surface area contributed by atoms with Crippen LogP contribution in [-0.4, -0.2) is 40.8 Å². The first-order chi connectivity index (χ1) is 7.34. The number of ether oxygens (including phenoxy) is 1. The SMILES string of the molecule is CCN(CC)C(=S)OCC(C)=O.NC(=O)S. The smallest absolute Gasteiger partial charge is 0.273 e. The molecule has 0 atom stereocenters. The van der Waals surface area contributed by atoms with Gasteiger partial charge >= 0.3 is 0 Å². The third-order valence-electron chi connectivity index (χ3n) is 1.42. The Labute approximate surface area is 107 Å². The lowest BCUT2D eigenvalue weighted by molar-refractivity contribution is -0.119. The summed E-state index contributed by atoms with van der Waals surface area (Å²) in [6, 6.07) is 0. The van der Waals surface area contributed by atoms with Crippen LogP contribution < -0.4 is 5.73 Å². The predicted octanol–water partition coefficient (Wildman–Crippen LogP) is 1.21. The molecule has 0 bridgehead atoms. The van der Waals surface area contributed by atoms with Crippen LogP contribution in [0.15, 0.2) is 0 Å². The van der Waals surface area contributed by atoms with Crippen LogP contribution in [0.2, 0.25) is 0 Å². The average molecular weight is 266 g/mol. The molecule has 0 rings (SSSR count). The van der Waals surface area contributed by atoms with Crippen molar-refractivity contribution in [3.05, 3.63) is 0 Å². The van der Waals surface area contributed by atoms with Gasteiger partial charge in [0.25, 0.3) is 10.4 Å². The van der Waals surface area contributed by atoms with Gasteiger partial charge in [-0.05, 0) is 33.0 Å². The number of carbonyl (C=O) groups excluding carboxylic acids is 2. The summed E-state index contributed by atoms with van der Waals surface area (Å²) in [6.07, 6.45) is 0. The Morgan fingerprint density at radius 2 is 1.75 bits per heavy atom. The van der Waals surface area contributed by atoms with Gasteiger partial charge in [-0.15, -0.1) is 0 Å². The number of primary amides is 1. The molecule has 0 heterocycles. The molecule has 0 unspecified atom stereocenters. The fourth-order valence-corrected chi connectivity index (χ4v) is 1.05. The lowest BCUT2D eigenvalue weighted by Gasteiger charge is -2.20. The Kier molecular flexibility index (Phi) is 11.7. The molecule has 0 aromatic rings. The highest BCUT2D eigenvalue weighted by atomic mass is 32.1. The van der Waals surface area contributed by atoms with Crippen LogP contribution in [-0.2, 0) is 9.53 Å². The highest BCUT2D eigenvalue weighted by molar-refractivity contribution is 7.96. The van der Waals surface area contributed by atoms with Crippen molar-refractivity contribution in [2.24, 2.45) is 5.73 Å². The van der Waals surface area contributed by atoms with E-state index in [1.54, 1.807) is 0 Å². The molecule has 0 aromatic heterocycles. The van der Waals surface area contributed by atoms with Crippen molar-refractivity contribution in [3.8, 4) is 0 Å². The number of ketones is 1. The molecule has 0 aliphatic heterocycles. The van der Waals surface area contributed by atoms with E-state index in [-0.39, 0.29) is 12.4 Å². The molecule has 7 heteroatoms. The number of carbonyl (C=O) groups is 2. The molecule has 0 saturated carbocycles. The predicted molar refractivity (Wildman–Crippen MR) is 70.7 cm³/mol. The molecule has 0 aliphatic rings. The second-order valence-electron chi connectivity index (χ2n) is 2.77. The van der Waals surface area contributed by atoms with E-state index in [1.807, 2.05) is 18.7 Å². The number of thiocarbonyl (C=S) groups is 1. The molecule has 0 saturated heterocycles. The third kappa shape index (κ3) is 13.2. The quantitative estimate of drug-likeness (QED) is 0.591. The Morgan fingerprint density at radius 3 is 2.00 bits per heavy atom. The van der Waals surface area contributed by atoms with Crippen molar-refractivity contribution >= 4 is 41.0 Å². The first-order valence-electron chi connectivity index (χ1n) is 4.74. The Morgan fingerprint density at radius 1 is 1.38 bits per heavy atom. The van der Waals surface area contributed by atoms with Crippen molar-refractivity contribution in [2.75, 3.05) is 19.7 Å². The molecular formula is C9H18N2O3S2. The van der Waals surface area contributed by atoms with E-state index in [0.29, 0.717) is 5.17 Å². The summed E-state index contributed by atoms with van der Waals surface area (Å²) in [5.41, 5.74) is 4.34. The van der Waals surface area contributed by atoms with Gasteiger partial charge < -0.3 is 15.4 Å². The molecular weight excluding hydrogens is 248 g/mol. The normalized spacial score (nSPS) is 8.50. The highest BCUT2D eigenvalue weighted by Crippen LogP contribution is 1.93. The summed E-state index contributed by atoms with van der Waals surface area (Å²) < 4.78 is 5.06. The second kappa shape index (κ2) is 10.7. The number of nitrogens with zero attached hydrogens (tertiary/aromatic N) is 1. The highest BCUT2D eigenvalue weighted by Gasteiger charge is 2.06. The van der Waals surface area contributed by atoms with E-state index in [1.165, 1.54) is 6.92 Å². The Bertz CT molecular complexity index is 239. The number of thiol groups is 1. The van der Waals surface area contributed by atoms with E-state index in [4.69, 9.17) is 21.7 Å². The lowest BCUT2D eigenvalue weighted by Crippen LogP contribution is -2.31. The maximum atomic E-state index is 10.5. The average Bonchev–Trinajstić information content (AvgIpc) is 2.15. The first-order valence-corrected chi connectivity index (χ1v) is 5.60. The zero-order valence-electron chi connectivity index (χ0n) is 9.73. The summed E-state index contributed by atoms with van der Waals surface area (Å²) in [7, 11) is 0. The summed E-state index contributed by atoms with van der Waals surface area (Å²) in [6.45, 7) is 7.17. The summed E-state index contributed by atoms with van der Waals surface area (Å²) in [5.74, 6) is -0.00972. The topological polar surface area (TPSA) is 72.6 Å². The number of amides is 1. The monoisotopic (exact) mass is 266 g/mol. The molecule has 0 spiro atoms. The number of rotatable bonds is 4. The van der Waals surface area contributed by atoms with Gasteiger partial charge in [0.1, 0.15) is 6.61 Å². The molecule has 0 radical (unpaired) electrons. The number of Topliss-reactive ketones (excluding diaryl/α,β-unsaturated/α-hetero) is 1. The Hall–Kier alpha value is -0.820. The molecule has 0 aliphatic carbocycles. The van der Waals surface area contributed by atoms with Gasteiger partial charge in [0, 0.05) is 13.1 Å². The van der Waals surface area contributed by atoms with Gasteiger partial charge in [-0.25, -0.2) is 0 Å². The van der Waals surface area contributed by atoms with Crippen molar-refractivity contribution in [2.45, 2.75) is 20.8 Å². The van der Waals surface area contributed by atoms with Crippen LogP contribution in [0.25, 0.3) is 0 Å². The minimum atomic E-state index is -0.639. The van der Waals surface area contributed by atoms with Gasteiger partial charge in [-0.3, -0.25) is 9.59 Å². The first kappa shape index (κ1) is 17.6. The molecule has 2 N–H and O–H groups in total. The van der Waals surface area contributed by atoms with Crippen LogP contribution in [0.5, 0.6) is 0 Å². The number of hydrogen-bond acceptors (Lipinski definition) is 4. The molecule has 0 fully saturated rings. The summed E-state index contributed by atoms with van der Waals surface area (Å²) in [4.78, 5) is 21.5. The maximum absolute atomic E-state index is 10.5. The van der Waals surface area contributed by atoms with E-state index in [2.05, 4.69) is 18.4 Å². The third-order valence-corrected chi connectivity index (χ3v) is 1.80.